The third-order valence-corrected chi connectivity index (χ3v) is 9.22. The van der Waals surface area contributed by atoms with Crippen LogP contribution in [0.15, 0.2) is 24.3 Å². The lowest BCUT2D eigenvalue weighted by Gasteiger charge is -2.14. The van der Waals surface area contributed by atoms with E-state index in [2.05, 4.69) is 38.2 Å². The highest BCUT2D eigenvalue weighted by atomic mass is 16.6. The molecular weight excluding hydrogens is 712 g/mol. The van der Waals surface area contributed by atoms with Crippen LogP contribution in [-0.2, 0) is 38.1 Å². The fraction of sp³-hybridized carbons (Fsp3) is 0.826. The summed E-state index contributed by atoms with van der Waals surface area (Å²) < 4.78 is 19.7. The molecule has 0 aromatic carbocycles. The number of esters is 4. The molecule has 0 aliphatic heterocycles. The van der Waals surface area contributed by atoms with Gasteiger partial charge in [0.25, 0.3) is 0 Å². The Hall–Kier alpha value is -2.72. The standard InChI is InChI=1S/2C23H42O5/c2*1-3-4-5-6-7-8-9-10-11-12-13-14-15-16-17-18-23(26)27-20-22(19-24)28-21(2)25/h2*10-11,22,24H,3-9,12-20H2,1-2H3. The SMILES string of the molecule is CCCCCCCCC=CCCCCCCCC(=O)OCC(CO)OC(C)=O.CCCCCCCCC=CCCCCCCCC(=O)OCC(CO)OC(C)=O. The first kappa shape index (κ1) is 55.4. The molecule has 0 aromatic heterocycles. The van der Waals surface area contributed by atoms with Gasteiger partial charge in [-0.3, -0.25) is 19.2 Å². The quantitative estimate of drug-likeness (QED) is 0.0268. The molecule has 10 nitrogen and oxygen atoms in total. The molecule has 328 valence electrons. The van der Waals surface area contributed by atoms with Crippen LogP contribution in [-0.4, -0.2) is 72.7 Å². The molecule has 10 heteroatoms. The van der Waals surface area contributed by atoms with E-state index in [-0.39, 0.29) is 38.4 Å². The van der Waals surface area contributed by atoms with Crippen LogP contribution in [0.3, 0.4) is 0 Å². The predicted octanol–water partition coefficient (Wildman–Crippen LogP) is 11.0. The summed E-state index contributed by atoms with van der Waals surface area (Å²) in [6.07, 6.45) is 40.1. The molecule has 0 saturated carbocycles. The first-order chi connectivity index (χ1) is 27.2. The first-order valence-electron chi connectivity index (χ1n) is 22.4. The Kier molecular flexibility index (Phi) is 44.5. The molecule has 2 N–H and O–H groups in total. The number of allylic oxidation sites excluding steroid dienone is 4. The van der Waals surface area contributed by atoms with Gasteiger partial charge in [-0.25, -0.2) is 0 Å². The molecule has 56 heavy (non-hydrogen) atoms. The van der Waals surface area contributed by atoms with E-state index in [1.165, 1.54) is 129 Å². The predicted molar refractivity (Wildman–Crippen MR) is 226 cm³/mol. The van der Waals surface area contributed by atoms with Crippen molar-refractivity contribution >= 4 is 23.9 Å². The Morgan fingerprint density at radius 1 is 0.429 bits per heavy atom. The number of aliphatic hydroxyl groups excluding tert-OH is 2. The summed E-state index contributed by atoms with van der Waals surface area (Å²) in [5.41, 5.74) is 0. The van der Waals surface area contributed by atoms with Crippen molar-refractivity contribution in [2.75, 3.05) is 26.4 Å². The topological polar surface area (TPSA) is 146 Å². The van der Waals surface area contributed by atoms with Gasteiger partial charge in [0.05, 0.1) is 13.2 Å². The lowest BCUT2D eigenvalue weighted by molar-refractivity contribution is -0.159. The zero-order chi connectivity index (χ0) is 41.7. The van der Waals surface area contributed by atoms with Crippen molar-refractivity contribution in [1.29, 1.82) is 0 Å². The van der Waals surface area contributed by atoms with Crippen LogP contribution in [0.4, 0.5) is 0 Å². The fourth-order valence-electron chi connectivity index (χ4n) is 5.91. The summed E-state index contributed by atoms with van der Waals surface area (Å²) in [5.74, 6) is -1.59. The first-order valence-corrected chi connectivity index (χ1v) is 22.4. The van der Waals surface area contributed by atoms with Crippen molar-refractivity contribution in [2.24, 2.45) is 0 Å². The normalized spacial score (nSPS) is 12.2. The monoisotopic (exact) mass is 797 g/mol. The zero-order valence-electron chi connectivity index (χ0n) is 36.3. The summed E-state index contributed by atoms with van der Waals surface area (Å²) in [5, 5.41) is 18.1. The second kappa shape index (κ2) is 45.0. The lowest BCUT2D eigenvalue weighted by Crippen LogP contribution is -2.27. The maximum absolute atomic E-state index is 11.6. The third-order valence-electron chi connectivity index (χ3n) is 9.22. The van der Waals surface area contributed by atoms with E-state index < -0.39 is 24.1 Å². The maximum atomic E-state index is 11.6. The van der Waals surface area contributed by atoms with Crippen molar-refractivity contribution in [3.63, 3.8) is 0 Å². The van der Waals surface area contributed by atoms with Gasteiger partial charge in [0.1, 0.15) is 13.2 Å². The van der Waals surface area contributed by atoms with E-state index in [0.29, 0.717) is 12.8 Å². The van der Waals surface area contributed by atoms with Crippen LogP contribution in [0.1, 0.15) is 207 Å². The van der Waals surface area contributed by atoms with Crippen LogP contribution < -0.4 is 0 Å². The van der Waals surface area contributed by atoms with Crippen LogP contribution >= 0.6 is 0 Å². The highest BCUT2D eigenvalue weighted by Crippen LogP contribution is 2.12. The lowest BCUT2D eigenvalue weighted by atomic mass is 10.1. The van der Waals surface area contributed by atoms with Gasteiger partial charge in [-0.15, -0.1) is 0 Å². The maximum Gasteiger partial charge on any atom is 0.305 e. The molecule has 0 aliphatic carbocycles. The Labute approximate surface area is 341 Å². The van der Waals surface area contributed by atoms with Gasteiger partial charge in [0, 0.05) is 26.7 Å². The number of ether oxygens (including phenoxy) is 4. The summed E-state index contributed by atoms with van der Waals surface area (Å²) in [6.45, 7) is 6.16. The molecule has 0 radical (unpaired) electrons. The second-order valence-corrected chi connectivity index (χ2v) is 14.9. The molecule has 2 unspecified atom stereocenters. The minimum atomic E-state index is -0.768. The van der Waals surface area contributed by atoms with Gasteiger partial charge >= 0.3 is 23.9 Å². The molecule has 2 atom stereocenters. The van der Waals surface area contributed by atoms with Crippen LogP contribution in [0.25, 0.3) is 0 Å². The van der Waals surface area contributed by atoms with Crippen LogP contribution in [0.2, 0.25) is 0 Å². The van der Waals surface area contributed by atoms with Crippen LogP contribution in [0.5, 0.6) is 0 Å². The Balaban J connectivity index is 0. The summed E-state index contributed by atoms with van der Waals surface area (Å²) in [7, 11) is 0. The van der Waals surface area contributed by atoms with Gasteiger partial charge in [-0.05, 0) is 64.2 Å². The molecule has 0 rings (SSSR count). The number of carbonyl (C=O) groups is 4. The molecule has 0 aliphatic rings. The average molecular weight is 797 g/mol. The molecule has 0 amide bonds. The van der Waals surface area contributed by atoms with Crippen molar-refractivity contribution < 1.29 is 48.3 Å². The smallest absolute Gasteiger partial charge is 0.305 e. The highest BCUT2D eigenvalue weighted by molar-refractivity contribution is 5.70. The number of rotatable bonds is 38. The number of carbonyl (C=O) groups excluding carboxylic acids is 4. The molecule has 0 fully saturated rings. The van der Waals surface area contributed by atoms with Gasteiger partial charge in [-0.2, -0.15) is 0 Å². The number of hydrogen-bond donors (Lipinski definition) is 2. The largest absolute Gasteiger partial charge is 0.462 e. The minimum absolute atomic E-state index is 0.0833. The summed E-state index contributed by atoms with van der Waals surface area (Å²) in [6, 6.07) is 0. The van der Waals surface area contributed by atoms with Crippen molar-refractivity contribution in [3.8, 4) is 0 Å². The van der Waals surface area contributed by atoms with Gasteiger partial charge < -0.3 is 29.2 Å². The molecule has 0 bridgehead atoms. The van der Waals surface area contributed by atoms with E-state index in [1.807, 2.05) is 0 Å². The average Bonchev–Trinajstić information content (AvgIpc) is 3.17. The zero-order valence-corrected chi connectivity index (χ0v) is 36.3. The van der Waals surface area contributed by atoms with E-state index in [1.54, 1.807) is 0 Å². The third kappa shape index (κ3) is 45.7. The Bertz CT molecular complexity index is 888. The molecule has 0 heterocycles. The van der Waals surface area contributed by atoms with Crippen molar-refractivity contribution in [3.05, 3.63) is 24.3 Å². The molecule has 0 saturated heterocycles. The number of hydrogen-bond acceptors (Lipinski definition) is 10. The van der Waals surface area contributed by atoms with E-state index in [9.17, 15) is 19.2 Å². The molecule has 0 spiro atoms. The number of aliphatic hydroxyl groups is 2. The summed E-state index contributed by atoms with van der Waals surface area (Å²) in [4.78, 5) is 44.9. The Morgan fingerprint density at radius 2 is 0.696 bits per heavy atom. The van der Waals surface area contributed by atoms with Gasteiger partial charge in [0.2, 0.25) is 0 Å². The van der Waals surface area contributed by atoms with Crippen molar-refractivity contribution in [1.82, 2.24) is 0 Å². The molecule has 0 aromatic rings. The van der Waals surface area contributed by atoms with Gasteiger partial charge in [0.15, 0.2) is 12.2 Å². The molecular formula is C46H84O10. The van der Waals surface area contributed by atoms with E-state index in [4.69, 9.17) is 29.2 Å². The van der Waals surface area contributed by atoms with Gasteiger partial charge in [-0.1, -0.05) is 141 Å². The van der Waals surface area contributed by atoms with Crippen LogP contribution in [0, 0.1) is 0 Å². The fourth-order valence-corrected chi connectivity index (χ4v) is 5.91. The Morgan fingerprint density at radius 3 is 0.964 bits per heavy atom. The summed E-state index contributed by atoms with van der Waals surface area (Å²) >= 11 is 0. The van der Waals surface area contributed by atoms with E-state index >= 15 is 0 Å². The minimum Gasteiger partial charge on any atom is -0.462 e. The highest BCUT2D eigenvalue weighted by Gasteiger charge is 2.15. The van der Waals surface area contributed by atoms with E-state index in [0.717, 1.165) is 51.4 Å². The number of unbranched alkanes of at least 4 members (excludes halogenated alkanes) is 22. The van der Waals surface area contributed by atoms with Crippen molar-refractivity contribution in [2.45, 2.75) is 220 Å². The second-order valence-electron chi connectivity index (χ2n) is 14.9.